The van der Waals surface area contributed by atoms with Crippen LogP contribution in [-0.4, -0.2) is 34.6 Å². The molecule has 1 fully saturated rings. The second-order valence-corrected chi connectivity index (χ2v) is 11.4. The zero-order valence-electron chi connectivity index (χ0n) is 22.5. The lowest BCUT2D eigenvalue weighted by Gasteiger charge is -2.34. The van der Waals surface area contributed by atoms with Gasteiger partial charge in [0.2, 0.25) is 11.8 Å². The van der Waals surface area contributed by atoms with Crippen LogP contribution in [0.3, 0.4) is 0 Å². The van der Waals surface area contributed by atoms with E-state index in [1.54, 1.807) is 11.8 Å². The number of thioether (sulfide) groups is 1. The van der Waals surface area contributed by atoms with Crippen LogP contribution < -0.4 is 5.32 Å². The van der Waals surface area contributed by atoms with Gasteiger partial charge in [0.25, 0.3) is 0 Å². The third kappa shape index (κ3) is 8.49. The van der Waals surface area contributed by atoms with Crippen molar-refractivity contribution in [1.29, 1.82) is 0 Å². The smallest absolute Gasteiger partial charge is 0.243 e. The van der Waals surface area contributed by atoms with Gasteiger partial charge in [-0.3, -0.25) is 9.59 Å². The second-order valence-electron chi connectivity index (χ2n) is 10.3. The molecule has 0 spiro atoms. The minimum Gasteiger partial charge on any atom is -0.352 e. The molecule has 3 aromatic rings. The van der Waals surface area contributed by atoms with E-state index in [1.165, 1.54) is 12.0 Å². The van der Waals surface area contributed by atoms with Crippen LogP contribution in [0.5, 0.6) is 0 Å². The van der Waals surface area contributed by atoms with Crippen molar-refractivity contribution in [3.8, 4) is 0 Å². The van der Waals surface area contributed by atoms with Gasteiger partial charge in [0.1, 0.15) is 6.04 Å². The van der Waals surface area contributed by atoms with Crippen molar-refractivity contribution < 1.29 is 9.59 Å². The summed E-state index contributed by atoms with van der Waals surface area (Å²) in [6.45, 7) is 2.51. The number of aryl methyl sites for hydroxylation is 1. The third-order valence-corrected chi connectivity index (χ3v) is 8.43. The van der Waals surface area contributed by atoms with Gasteiger partial charge in [0.05, 0.1) is 0 Å². The van der Waals surface area contributed by atoms with E-state index in [4.69, 9.17) is 0 Å². The Kier molecular flexibility index (Phi) is 10.9. The summed E-state index contributed by atoms with van der Waals surface area (Å²) in [5, 5.41) is 3.33. The van der Waals surface area contributed by atoms with Crippen molar-refractivity contribution in [2.75, 3.05) is 5.75 Å². The molecule has 4 nitrogen and oxygen atoms in total. The number of benzene rings is 3. The minimum absolute atomic E-state index is 0.0281. The van der Waals surface area contributed by atoms with E-state index in [0.717, 1.165) is 53.9 Å². The van der Waals surface area contributed by atoms with Crippen LogP contribution in [0.25, 0.3) is 0 Å². The molecule has 4 rings (SSSR count). The van der Waals surface area contributed by atoms with Crippen molar-refractivity contribution in [3.63, 3.8) is 0 Å². The van der Waals surface area contributed by atoms with Crippen LogP contribution in [0.2, 0.25) is 0 Å². The highest BCUT2D eigenvalue weighted by molar-refractivity contribution is 7.98. The Morgan fingerprint density at radius 2 is 1.50 bits per heavy atom. The van der Waals surface area contributed by atoms with E-state index >= 15 is 0 Å². The molecule has 0 bridgehead atoms. The molecule has 1 N–H and O–H groups in total. The first-order valence-electron chi connectivity index (χ1n) is 13.9. The molecule has 3 aromatic carbocycles. The van der Waals surface area contributed by atoms with Gasteiger partial charge in [-0.15, -0.1) is 0 Å². The Labute approximate surface area is 232 Å². The van der Waals surface area contributed by atoms with Crippen molar-refractivity contribution in [2.45, 2.75) is 76.3 Å². The first kappa shape index (κ1) is 28.0. The van der Waals surface area contributed by atoms with Crippen LogP contribution >= 0.6 is 11.8 Å². The summed E-state index contributed by atoms with van der Waals surface area (Å²) in [6, 6.07) is 28.2. The van der Waals surface area contributed by atoms with E-state index < -0.39 is 6.04 Å². The van der Waals surface area contributed by atoms with Gasteiger partial charge in [-0.1, -0.05) is 104 Å². The fourth-order valence-electron chi connectivity index (χ4n) is 5.14. The molecule has 0 aromatic heterocycles. The van der Waals surface area contributed by atoms with Gasteiger partial charge in [0, 0.05) is 36.9 Å². The maximum atomic E-state index is 13.8. The number of nitrogens with zero attached hydrogens (tertiary/aromatic N) is 1. The average molecular weight is 529 g/mol. The highest BCUT2D eigenvalue weighted by Crippen LogP contribution is 2.22. The van der Waals surface area contributed by atoms with E-state index in [1.807, 2.05) is 65.6 Å². The Balaban J connectivity index is 1.53. The van der Waals surface area contributed by atoms with Gasteiger partial charge < -0.3 is 10.2 Å². The fourth-order valence-corrected chi connectivity index (χ4v) is 6.03. The third-order valence-electron chi connectivity index (χ3n) is 7.40. The van der Waals surface area contributed by atoms with Crippen LogP contribution in [0.15, 0.2) is 84.9 Å². The molecule has 0 unspecified atom stereocenters. The topological polar surface area (TPSA) is 49.4 Å². The summed E-state index contributed by atoms with van der Waals surface area (Å²) in [4.78, 5) is 29.5. The highest BCUT2D eigenvalue weighted by atomic mass is 32.2. The maximum Gasteiger partial charge on any atom is 0.243 e. The van der Waals surface area contributed by atoms with Gasteiger partial charge >= 0.3 is 0 Å². The summed E-state index contributed by atoms with van der Waals surface area (Å²) in [5.41, 5.74) is 4.55. The van der Waals surface area contributed by atoms with Crippen LogP contribution in [0.4, 0.5) is 0 Å². The summed E-state index contributed by atoms with van der Waals surface area (Å²) < 4.78 is 0. The van der Waals surface area contributed by atoms with Gasteiger partial charge in [-0.2, -0.15) is 11.8 Å². The highest BCUT2D eigenvalue weighted by Gasteiger charge is 2.31. The second kappa shape index (κ2) is 14.8. The lowest BCUT2D eigenvalue weighted by atomic mass is 9.94. The number of hydrogen-bond acceptors (Lipinski definition) is 3. The molecule has 1 aliphatic rings. The zero-order chi connectivity index (χ0) is 26.6. The SMILES string of the molecule is Cc1ccccc1CN(C(=O)CCSCc1ccccc1)[C@H](Cc1ccccc1)C(=O)NC1CCCCC1. The number of amides is 2. The summed E-state index contributed by atoms with van der Waals surface area (Å²) in [7, 11) is 0. The molecule has 5 heteroatoms. The number of carbonyl (C=O) groups excluding carboxylic acids is 2. The Bertz CT molecular complexity index is 1150. The fraction of sp³-hybridized carbons (Fsp3) is 0.394. The molecular formula is C33H40N2O2S. The molecule has 1 saturated carbocycles. The predicted octanol–water partition coefficient (Wildman–Crippen LogP) is 6.71. The Hall–Kier alpha value is -3.05. The zero-order valence-corrected chi connectivity index (χ0v) is 23.3. The van der Waals surface area contributed by atoms with Crippen molar-refractivity contribution in [1.82, 2.24) is 10.2 Å². The van der Waals surface area contributed by atoms with Crippen molar-refractivity contribution in [3.05, 3.63) is 107 Å². The summed E-state index contributed by atoms with van der Waals surface area (Å²) >= 11 is 1.77. The van der Waals surface area contributed by atoms with E-state index in [-0.39, 0.29) is 17.9 Å². The standard InChI is InChI=1S/C33H40N2O2S/c1-26-13-11-12-18-29(26)24-35(32(36)21-22-38-25-28-16-7-3-8-17-28)31(23-27-14-5-2-6-15-27)33(37)34-30-19-9-4-10-20-30/h2-3,5-8,11-18,30-31H,4,9-10,19-25H2,1H3,(H,34,37)/t31-/m1/s1. The molecule has 1 aliphatic carbocycles. The first-order valence-corrected chi connectivity index (χ1v) is 15.1. The summed E-state index contributed by atoms with van der Waals surface area (Å²) in [6.07, 6.45) is 6.49. The Morgan fingerprint density at radius 3 is 2.18 bits per heavy atom. The van der Waals surface area contributed by atoms with Crippen LogP contribution in [0, 0.1) is 6.92 Å². The first-order chi connectivity index (χ1) is 18.6. The molecule has 38 heavy (non-hydrogen) atoms. The number of carbonyl (C=O) groups is 2. The average Bonchev–Trinajstić information content (AvgIpc) is 2.95. The lowest BCUT2D eigenvalue weighted by Crippen LogP contribution is -2.53. The minimum atomic E-state index is -0.550. The van der Waals surface area contributed by atoms with Crippen molar-refractivity contribution >= 4 is 23.6 Å². The summed E-state index contributed by atoms with van der Waals surface area (Å²) in [5.74, 6) is 1.61. The number of hydrogen-bond donors (Lipinski definition) is 1. The van der Waals surface area contributed by atoms with E-state index in [0.29, 0.717) is 19.4 Å². The largest absolute Gasteiger partial charge is 0.352 e. The molecule has 0 radical (unpaired) electrons. The maximum absolute atomic E-state index is 13.8. The molecule has 200 valence electrons. The van der Waals surface area contributed by atoms with E-state index in [2.05, 4.69) is 36.5 Å². The molecule has 1 atom stereocenters. The monoisotopic (exact) mass is 528 g/mol. The van der Waals surface area contributed by atoms with Crippen LogP contribution in [-0.2, 0) is 28.3 Å². The van der Waals surface area contributed by atoms with Gasteiger partial charge in [-0.05, 0) is 42.0 Å². The number of nitrogens with one attached hydrogen (secondary N) is 1. The quantitative estimate of drug-likeness (QED) is 0.266. The van der Waals surface area contributed by atoms with Gasteiger partial charge in [-0.25, -0.2) is 0 Å². The number of rotatable bonds is 12. The normalized spacial score (nSPS) is 14.6. The van der Waals surface area contributed by atoms with E-state index in [9.17, 15) is 9.59 Å². The van der Waals surface area contributed by atoms with Crippen LogP contribution in [0.1, 0.15) is 60.8 Å². The van der Waals surface area contributed by atoms with Crippen molar-refractivity contribution in [2.24, 2.45) is 0 Å². The van der Waals surface area contributed by atoms with Gasteiger partial charge in [0.15, 0.2) is 0 Å². The molecule has 0 heterocycles. The molecule has 0 saturated heterocycles. The molecule has 0 aliphatic heterocycles. The predicted molar refractivity (Wildman–Crippen MR) is 158 cm³/mol. The Morgan fingerprint density at radius 1 is 0.868 bits per heavy atom. The molecular weight excluding hydrogens is 488 g/mol. The lowest BCUT2D eigenvalue weighted by molar-refractivity contribution is -0.141. The molecule has 2 amide bonds.